The van der Waals surface area contributed by atoms with Gasteiger partial charge in [0.15, 0.2) is 5.76 Å². The highest BCUT2D eigenvalue weighted by molar-refractivity contribution is 7.99. The van der Waals surface area contributed by atoms with E-state index in [0.29, 0.717) is 26.7 Å². The predicted molar refractivity (Wildman–Crippen MR) is 95.8 cm³/mol. The van der Waals surface area contributed by atoms with Gasteiger partial charge in [-0.25, -0.2) is 4.98 Å². The average Bonchev–Trinajstić information content (AvgIpc) is 2.98. The van der Waals surface area contributed by atoms with Crippen LogP contribution in [0.4, 0.5) is 0 Å². The summed E-state index contributed by atoms with van der Waals surface area (Å²) in [7, 11) is 0. The number of thioether (sulfide) groups is 1. The molecule has 3 rings (SSSR count). The maximum absolute atomic E-state index is 10.8. The van der Waals surface area contributed by atoms with Crippen LogP contribution in [0.2, 0.25) is 10.0 Å². The Balaban J connectivity index is 2.05. The van der Waals surface area contributed by atoms with E-state index in [-0.39, 0.29) is 5.75 Å². The summed E-state index contributed by atoms with van der Waals surface area (Å²) < 4.78 is 5.79. The van der Waals surface area contributed by atoms with Crippen molar-refractivity contribution in [3.8, 4) is 22.6 Å². The molecule has 122 valence electrons. The van der Waals surface area contributed by atoms with Crippen molar-refractivity contribution in [1.29, 1.82) is 0 Å². The Morgan fingerprint density at radius 2 is 1.54 bits per heavy atom. The highest BCUT2D eigenvalue weighted by Gasteiger charge is 2.18. The van der Waals surface area contributed by atoms with Crippen molar-refractivity contribution in [1.82, 2.24) is 4.98 Å². The summed E-state index contributed by atoms with van der Waals surface area (Å²) in [5, 5.41) is 10.4. The lowest BCUT2D eigenvalue weighted by Gasteiger charge is -2.02. The summed E-state index contributed by atoms with van der Waals surface area (Å²) in [6, 6.07) is 14.4. The molecular weight excluding hydrogens is 369 g/mol. The number of rotatable bonds is 5. The fraction of sp³-hybridized carbons (Fsp3) is 0.0588. The van der Waals surface area contributed by atoms with Crippen LogP contribution in [0.15, 0.2) is 58.2 Å². The molecule has 0 aliphatic rings. The summed E-state index contributed by atoms with van der Waals surface area (Å²) in [6.45, 7) is 0. The van der Waals surface area contributed by atoms with Gasteiger partial charge in [0.25, 0.3) is 5.22 Å². The van der Waals surface area contributed by atoms with Gasteiger partial charge in [-0.3, -0.25) is 4.79 Å². The molecule has 1 heterocycles. The largest absolute Gasteiger partial charge is 0.481 e. The summed E-state index contributed by atoms with van der Waals surface area (Å²) in [5.74, 6) is -0.498. The smallest absolute Gasteiger partial charge is 0.314 e. The van der Waals surface area contributed by atoms with Gasteiger partial charge < -0.3 is 9.52 Å². The number of aromatic nitrogens is 1. The van der Waals surface area contributed by atoms with Gasteiger partial charge in [-0.2, -0.15) is 0 Å². The Hall–Kier alpha value is -1.95. The molecule has 0 bridgehead atoms. The highest BCUT2D eigenvalue weighted by Crippen LogP contribution is 2.36. The topological polar surface area (TPSA) is 63.3 Å². The molecule has 2 aromatic carbocycles. The number of hydrogen-bond donors (Lipinski definition) is 1. The van der Waals surface area contributed by atoms with Gasteiger partial charge in [-0.05, 0) is 36.4 Å². The van der Waals surface area contributed by atoms with Crippen molar-refractivity contribution < 1.29 is 14.3 Å². The van der Waals surface area contributed by atoms with E-state index in [0.717, 1.165) is 22.9 Å². The summed E-state index contributed by atoms with van der Waals surface area (Å²) in [6.07, 6.45) is 0. The Bertz CT molecular complexity index is 798. The lowest BCUT2D eigenvalue weighted by molar-refractivity contribution is -0.133. The van der Waals surface area contributed by atoms with Gasteiger partial charge in [0, 0.05) is 21.2 Å². The minimum atomic E-state index is -0.931. The van der Waals surface area contributed by atoms with Crippen LogP contribution in [0.1, 0.15) is 0 Å². The van der Waals surface area contributed by atoms with Gasteiger partial charge in [0.2, 0.25) is 0 Å². The summed E-state index contributed by atoms with van der Waals surface area (Å²) in [4.78, 5) is 15.2. The van der Waals surface area contributed by atoms with Crippen LogP contribution in [0.5, 0.6) is 0 Å². The first-order valence-corrected chi connectivity index (χ1v) is 8.64. The number of hydrogen-bond acceptors (Lipinski definition) is 4. The summed E-state index contributed by atoms with van der Waals surface area (Å²) >= 11 is 12.9. The molecule has 0 saturated heterocycles. The molecule has 0 spiro atoms. The molecule has 4 nitrogen and oxygen atoms in total. The van der Waals surface area contributed by atoms with Gasteiger partial charge in [0.1, 0.15) is 11.4 Å². The number of carboxylic acid groups (broad SMARTS) is 1. The van der Waals surface area contributed by atoms with Crippen molar-refractivity contribution in [3.05, 3.63) is 58.6 Å². The van der Waals surface area contributed by atoms with Crippen LogP contribution in [0.3, 0.4) is 0 Å². The number of benzene rings is 2. The number of carbonyl (C=O) groups is 1. The van der Waals surface area contributed by atoms with Crippen LogP contribution in [-0.4, -0.2) is 21.8 Å². The zero-order valence-electron chi connectivity index (χ0n) is 12.2. The Kier molecular flexibility index (Phi) is 5.14. The number of aliphatic carboxylic acids is 1. The molecule has 0 aliphatic heterocycles. The van der Waals surface area contributed by atoms with Crippen molar-refractivity contribution in [2.75, 3.05) is 5.75 Å². The first kappa shape index (κ1) is 16.9. The van der Waals surface area contributed by atoms with E-state index in [9.17, 15) is 4.79 Å². The van der Waals surface area contributed by atoms with Crippen LogP contribution in [-0.2, 0) is 4.79 Å². The monoisotopic (exact) mass is 379 g/mol. The molecule has 3 aromatic rings. The Morgan fingerprint density at radius 3 is 2.08 bits per heavy atom. The van der Waals surface area contributed by atoms with Crippen LogP contribution in [0.25, 0.3) is 22.6 Å². The molecule has 0 amide bonds. The predicted octanol–water partition coefficient (Wildman–Crippen LogP) is 5.49. The third-order valence-corrected chi connectivity index (χ3v) is 4.47. The molecule has 0 atom stereocenters. The van der Waals surface area contributed by atoms with Crippen molar-refractivity contribution in [2.24, 2.45) is 0 Å². The van der Waals surface area contributed by atoms with Gasteiger partial charge in [-0.1, -0.05) is 47.1 Å². The lowest BCUT2D eigenvalue weighted by atomic mass is 10.1. The molecule has 7 heteroatoms. The third kappa shape index (κ3) is 3.93. The van der Waals surface area contributed by atoms with Gasteiger partial charge in [-0.15, -0.1) is 0 Å². The fourth-order valence-electron chi connectivity index (χ4n) is 2.09. The molecule has 0 unspecified atom stereocenters. The maximum atomic E-state index is 10.8. The molecule has 0 fully saturated rings. The van der Waals surface area contributed by atoms with Crippen molar-refractivity contribution in [2.45, 2.75) is 5.22 Å². The van der Waals surface area contributed by atoms with E-state index in [2.05, 4.69) is 4.98 Å². The molecule has 1 aromatic heterocycles. The van der Waals surface area contributed by atoms with Crippen molar-refractivity contribution in [3.63, 3.8) is 0 Å². The lowest BCUT2D eigenvalue weighted by Crippen LogP contribution is -1.97. The molecular formula is C17H11Cl2NO3S. The number of nitrogens with zero attached hydrogens (tertiary/aromatic N) is 1. The number of carboxylic acids is 1. The molecule has 0 aliphatic carbocycles. The quantitative estimate of drug-likeness (QED) is 0.593. The van der Waals surface area contributed by atoms with E-state index >= 15 is 0 Å². The van der Waals surface area contributed by atoms with E-state index in [1.807, 2.05) is 24.3 Å². The molecule has 0 saturated carbocycles. The van der Waals surface area contributed by atoms with E-state index in [1.54, 1.807) is 24.3 Å². The zero-order chi connectivity index (χ0) is 17.1. The normalized spacial score (nSPS) is 10.8. The second-order valence-electron chi connectivity index (χ2n) is 4.85. The number of oxazole rings is 1. The standard InChI is InChI=1S/C17H11Cl2NO3S/c18-12-5-1-10(2-6-12)15-16(11-3-7-13(19)8-4-11)23-17(20-15)24-9-14(21)22/h1-8H,9H2,(H,21,22). The van der Waals surface area contributed by atoms with Crippen LogP contribution < -0.4 is 0 Å². The average molecular weight is 380 g/mol. The van der Waals surface area contributed by atoms with Crippen LogP contribution in [0, 0.1) is 0 Å². The first-order valence-electron chi connectivity index (χ1n) is 6.90. The van der Waals surface area contributed by atoms with Crippen LogP contribution >= 0.6 is 35.0 Å². The molecule has 1 N–H and O–H groups in total. The fourth-order valence-corrected chi connectivity index (χ4v) is 2.88. The van der Waals surface area contributed by atoms with Gasteiger partial charge in [0.05, 0.1) is 0 Å². The summed E-state index contributed by atoms with van der Waals surface area (Å²) in [5.41, 5.74) is 2.26. The van der Waals surface area contributed by atoms with E-state index in [4.69, 9.17) is 32.7 Å². The highest BCUT2D eigenvalue weighted by atomic mass is 35.5. The third-order valence-electron chi connectivity index (χ3n) is 3.15. The maximum Gasteiger partial charge on any atom is 0.314 e. The van der Waals surface area contributed by atoms with E-state index in [1.165, 1.54) is 0 Å². The minimum Gasteiger partial charge on any atom is -0.481 e. The zero-order valence-corrected chi connectivity index (χ0v) is 14.5. The second-order valence-corrected chi connectivity index (χ2v) is 6.65. The van der Waals surface area contributed by atoms with Crippen molar-refractivity contribution >= 4 is 40.9 Å². The van der Waals surface area contributed by atoms with Gasteiger partial charge >= 0.3 is 5.97 Å². The Morgan fingerprint density at radius 1 is 1.00 bits per heavy atom. The molecule has 0 radical (unpaired) electrons. The SMILES string of the molecule is O=C(O)CSc1nc(-c2ccc(Cl)cc2)c(-c2ccc(Cl)cc2)o1. The Labute approximate surface area is 152 Å². The van der Waals surface area contributed by atoms with E-state index < -0.39 is 5.97 Å². The minimum absolute atomic E-state index is 0.124. The number of halogens is 2. The molecule has 24 heavy (non-hydrogen) atoms. The first-order chi connectivity index (χ1) is 11.5. The second kappa shape index (κ2) is 7.30.